The summed E-state index contributed by atoms with van der Waals surface area (Å²) in [6, 6.07) is 3.18. The number of carboxylic acid groups (broad SMARTS) is 1. The van der Waals surface area contributed by atoms with Crippen LogP contribution in [0.2, 0.25) is 0 Å². The highest BCUT2D eigenvalue weighted by atomic mass is 32.1. The molecule has 54 valence electrons. The molecule has 0 bridgehead atoms. The van der Waals surface area contributed by atoms with Crippen molar-refractivity contribution in [2.75, 3.05) is 0 Å². The maximum absolute atomic E-state index is 10.3. The quantitative estimate of drug-likeness (QED) is 0.627. The van der Waals surface area contributed by atoms with Crippen molar-refractivity contribution in [3.05, 3.63) is 24.6 Å². The molecule has 0 aromatic carbocycles. The third kappa shape index (κ3) is 1.63. The fourth-order valence-electron chi connectivity index (χ4n) is 0.397. The molecule has 0 radical (unpaired) electrons. The third-order valence-corrected chi connectivity index (χ3v) is 1.41. The van der Waals surface area contributed by atoms with Crippen LogP contribution in [0.4, 0.5) is 4.79 Å². The third-order valence-electron chi connectivity index (χ3n) is 0.779. The predicted octanol–water partition coefficient (Wildman–Crippen LogP) is 1.79. The van der Waals surface area contributed by atoms with E-state index in [0.717, 1.165) is 15.8 Å². The molecule has 1 heterocycles. The van der Waals surface area contributed by atoms with Crippen LogP contribution in [0.1, 0.15) is 0 Å². The summed E-state index contributed by atoms with van der Waals surface area (Å²) in [5.74, 6) is 0. The molecular formula is C5H5NO3S. The van der Waals surface area contributed by atoms with E-state index in [0.29, 0.717) is 0 Å². The molecule has 4 nitrogen and oxygen atoms in total. The van der Waals surface area contributed by atoms with Gasteiger partial charge in [0.2, 0.25) is 0 Å². The second-order valence-electron chi connectivity index (χ2n) is 1.45. The Labute approximate surface area is 61.0 Å². The lowest BCUT2D eigenvalue weighted by Crippen LogP contribution is -2.02. The van der Waals surface area contributed by atoms with Crippen LogP contribution in [0.15, 0.2) is 28.4 Å². The number of carbonyl (C=O) groups is 1. The summed E-state index contributed by atoms with van der Waals surface area (Å²) in [4.78, 5) is 10.3. The van der Waals surface area contributed by atoms with E-state index in [9.17, 15) is 4.79 Å². The van der Waals surface area contributed by atoms with Gasteiger partial charge in [-0.25, -0.2) is 4.79 Å². The van der Waals surface area contributed by atoms with Gasteiger partial charge in [-0.3, -0.25) is 0 Å². The predicted molar refractivity (Wildman–Crippen MR) is 35.6 cm³/mol. The lowest BCUT2D eigenvalue weighted by atomic mass is 10.6. The minimum Gasteiger partial charge on any atom is -0.464 e. The standard InChI is InChI=1S/C5H5NO3S/c7-5(8)6-3-1-2-4-9-10-6/h1-4H,(H,7,8). The monoisotopic (exact) mass is 159 g/mol. The Kier molecular flexibility index (Phi) is 2.11. The van der Waals surface area contributed by atoms with Crippen molar-refractivity contribution in [1.29, 1.82) is 0 Å². The molecule has 0 aliphatic rings. The van der Waals surface area contributed by atoms with Crippen molar-refractivity contribution in [2.24, 2.45) is 0 Å². The second kappa shape index (κ2) is 3.07. The molecule has 1 N–H and O–H groups in total. The normalized spacial score (nSPS) is 8.80. The molecule has 10 heavy (non-hydrogen) atoms. The largest absolute Gasteiger partial charge is 0.464 e. The van der Waals surface area contributed by atoms with Gasteiger partial charge in [-0.15, -0.1) is 0 Å². The molecule has 0 atom stereocenters. The van der Waals surface area contributed by atoms with Gasteiger partial charge in [0.05, 0.1) is 0 Å². The lowest BCUT2D eigenvalue weighted by Gasteiger charge is -1.87. The molecule has 0 unspecified atom stereocenters. The van der Waals surface area contributed by atoms with Crippen LogP contribution in [-0.4, -0.2) is 15.2 Å². The molecule has 0 aliphatic heterocycles. The minimum absolute atomic E-state index is 0.752. The topological polar surface area (TPSA) is 55.4 Å². The molecule has 0 fully saturated rings. The molecule has 1 aromatic rings. The minimum atomic E-state index is -1.05. The van der Waals surface area contributed by atoms with Crippen LogP contribution in [0.5, 0.6) is 0 Å². The van der Waals surface area contributed by atoms with E-state index in [2.05, 4.69) is 3.85 Å². The van der Waals surface area contributed by atoms with Crippen molar-refractivity contribution < 1.29 is 13.8 Å². The fraction of sp³-hybridized carbons (Fsp3) is 0. The SMILES string of the molecule is O=C(O)n1ccccos1. The lowest BCUT2D eigenvalue weighted by molar-refractivity contribution is 0.198. The van der Waals surface area contributed by atoms with Crippen LogP contribution in [0.3, 0.4) is 0 Å². The van der Waals surface area contributed by atoms with E-state index in [1.807, 2.05) is 0 Å². The summed E-state index contributed by atoms with van der Waals surface area (Å²) in [5, 5.41) is 8.41. The Bertz CT molecular complexity index is 239. The molecule has 0 amide bonds. The van der Waals surface area contributed by atoms with E-state index in [1.165, 1.54) is 12.5 Å². The molecule has 1 aromatic heterocycles. The van der Waals surface area contributed by atoms with Crippen molar-refractivity contribution in [1.82, 2.24) is 3.96 Å². The van der Waals surface area contributed by atoms with E-state index >= 15 is 0 Å². The first kappa shape index (κ1) is 6.88. The Morgan fingerprint density at radius 2 is 2.40 bits per heavy atom. The van der Waals surface area contributed by atoms with E-state index < -0.39 is 6.09 Å². The smallest absolute Gasteiger partial charge is 0.427 e. The van der Waals surface area contributed by atoms with Gasteiger partial charge in [0.15, 0.2) is 0 Å². The molecule has 0 spiro atoms. The number of nitrogens with zero attached hydrogens (tertiary/aromatic N) is 1. The summed E-state index contributed by atoms with van der Waals surface area (Å²) < 4.78 is 5.65. The Morgan fingerprint density at radius 3 is 3.10 bits per heavy atom. The summed E-state index contributed by atoms with van der Waals surface area (Å²) in [6.45, 7) is 0. The highest BCUT2D eigenvalue weighted by molar-refractivity contribution is 6.98. The van der Waals surface area contributed by atoms with Crippen molar-refractivity contribution >= 4 is 17.9 Å². The van der Waals surface area contributed by atoms with Gasteiger partial charge in [-0.1, -0.05) is 0 Å². The summed E-state index contributed by atoms with van der Waals surface area (Å²) >= 11 is 0.752. The first-order chi connectivity index (χ1) is 4.80. The van der Waals surface area contributed by atoms with Crippen LogP contribution in [0.25, 0.3) is 0 Å². The molecular weight excluding hydrogens is 154 g/mol. The zero-order chi connectivity index (χ0) is 7.40. The maximum atomic E-state index is 10.3. The molecule has 0 aliphatic carbocycles. The van der Waals surface area contributed by atoms with Gasteiger partial charge in [0, 0.05) is 6.20 Å². The maximum Gasteiger partial charge on any atom is 0.427 e. The van der Waals surface area contributed by atoms with Crippen LogP contribution in [0, 0.1) is 0 Å². The fourth-order valence-corrected chi connectivity index (χ4v) is 0.787. The second-order valence-corrected chi connectivity index (χ2v) is 2.18. The Morgan fingerprint density at radius 1 is 1.60 bits per heavy atom. The number of rotatable bonds is 0. The van der Waals surface area contributed by atoms with E-state index in [4.69, 9.17) is 5.11 Å². The Balaban J connectivity index is 3.10. The molecule has 0 saturated carbocycles. The average Bonchev–Trinajstić information content (AvgIpc) is 2.12. The van der Waals surface area contributed by atoms with Crippen LogP contribution >= 0.6 is 11.8 Å². The van der Waals surface area contributed by atoms with E-state index in [-0.39, 0.29) is 0 Å². The first-order valence-corrected chi connectivity index (χ1v) is 3.19. The summed E-state index contributed by atoms with van der Waals surface area (Å²) in [7, 11) is 0. The zero-order valence-corrected chi connectivity index (χ0v) is 5.75. The molecule has 1 rings (SSSR count). The van der Waals surface area contributed by atoms with Gasteiger partial charge in [-0.05, 0) is 12.1 Å². The van der Waals surface area contributed by atoms with Crippen molar-refractivity contribution in [3.8, 4) is 0 Å². The van der Waals surface area contributed by atoms with Gasteiger partial charge in [0.1, 0.15) is 18.1 Å². The highest BCUT2D eigenvalue weighted by Gasteiger charge is 1.94. The van der Waals surface area contributed by atoms with Gasteiger partial charge in [0.25, 0.3) is 0 Å². The van der Waals surface area contributed by atoms with Crippen molar-refractivity contribution in [3.63, 3.8) is 0 Å². The van der Waals surface area contributed by atoms with Crippen molar-refractivity contribution in [2.45, 2.75) is 0 Å². The number of aromatic nitrogens is 1. The zero-order valence-electron chi connectivity index (χ0n) is 4.93. The number of hydrogen-bond acceptors (Lipinski definition) is 3. The van der Waals surface area contributed by atoms with Crippen LogP contribution < -0.4 is 0 Å². The molecule has 0 saturated heterocycles. The van der Waals surface area contributed by atoms with Gasteiger partial charge < -0.3 is 8.96 Å². The number of hydrogen-bond donors (Lipinski definition) is 1. The van der Waals surface area contributed by atoms with Gasteiger partial charge >= 0.3 is 6.09 Å². The molecule has 5 heteroatoms. The van der Waals surface area contributed by atoms with E-state index in [1.54, 1.807) is 12.1 Å². The van der Waals surface area contributed by atoms with Crippen LogP contribution in [-0.2, 0) is 0 Å². The van der Waals surface area contributed by atoms with Gasteiger partial charge in [-0.2, -0.15) is 3.96 Å². The first-order valence-electron chi connectivity index (χ1n) is 2.49. The average molecular weight is 159 g/mol. The summed E-state index contributed by atoms with van der Waals surface area (Å²) in [5.41, 5.74) is 0. The summed E-state index contributed by atoms with van der Waals surface area (Å²) in [6.07, 6.45) is 1.76. The Hall–Kier alpha value is -1.23. The highest BCUT2D eigenvalue weighted by Crippen LogP contribution is 1.93.